The number of carbonyl (C=O) groups is 1. The second-order valence-electron chi connectivity index (χ2n) is 7.32. The van der Waals surface area contributed by atoms with Crippen molar-refractivity contribution < 1.29 is 18.3 Å². The first-order chi connectivity index (χ1) is 14.0. The number of hydrogen-bond acceptors (Lipinski definition) is 2. The molecule has 2 aromatic carbocycles. The van der Waals surface area contributed by atoms with Gasteiger partial charge in [-0.25, -0.2) is 13.6 Å². The molecule has 0 aliphatic heterocycles. The van der Waals surface area contributed by atoms with Crippen molar-refractivity contribution in [2.75, 3.05) is 7.05 Å². The van der Waals surface area contributed by atoms with Gasteiger partial charge in [-0.15, -0.1) is 0 Å². The lowest BCUT2D eigenvalue weighted by Crippen LogP contribution is -2.38. The van der Waals surface area contributed by atoms with Crippen molar-refractivity contribution in [2.24, 2.45) is 0 Å². The molecule has 0 fully saturated rings. The number of aromatic amines is 1. The Morgan fingerprint density at radius 3 is 2.76 bits per heavy atom. The number of carbonyl (C=O) groups excluding carboxylic acids is 1. The van der Waals surface area contributed by atoms with Crippen LogP contribution in [0, 0.1) is 11.6 Å². The number of ether oxygens (including phenoxy) is 1. The number of nitrogens with zero attached hydrogens (tertiary/aromatic N) is 1. The number of rotatable bonds is 4. The number of allylic oxidation sites excluding steroid dienone is 1. The smallest absolute Gasteiger partial charge is 0.410 e. The molecule has 1 atom stereocenters. The van der Waals surface area contributed by atoms with E-state index in [2.05, 4.69) is 4.98 Å². The fourth-order valence-corrected chi connectivity index (χ4v) is 3.81. The van der Waals surface area contributed by atoms with Crippen LogP contribution in [0.15, 0.2) is 54.7 Å². The Kier molecular flexibility index (Phi) is 5.34. The summed E-state index contributed by atoms with van der Waals surface area (Å²) < 4.78 is 33.0. The maximum atomic E-state index is 13.9. The Labute approximate surface area is 167 Å². The molecular formula is C23H22F2N2O2. The fraction of sp³-hybridized carbons (Fsp3) is 0.261. The lowest BCUT2D eigenvalue weighted by molar-refractivity contribution is 0.0894. The summed E-state index contributed by atoms with van der Waals surface area (Å²) in [4.78, 5) is 16.9. The quantitative estimate of drug-likeness (QED) is 0.619. The first-order valence-corrected chi connectivity index (χ1v) is 9.62. The highest BCUT2D eigenvalue weighted by molar-refractivity contribution is 5.93. The van der Waals surface area contributed by atoms with Crippen LogP contribution in [-0.2, 0) is 11.3 Å². The Balaban J connectivity index is 1.42. The van der Waals surface area contributed by atoms with Crippen LogP contribution < -0.4 is 0 Å². The Hall–Kier alpha value is -3.15. The lowest BCUT2D eigenvalue weighted by atomic mass is 9.90. The highest BCUT2D eigenvalue weighted by Crippen LogP contribution is 2.34. The van der Waals surface area contributed by atoms with Gasteiger partial charge < -0.3 is 14.6 Å². The number of halogens is 2. The van der Waals surface area contributed by atoms with Crippen LogP contribution in [0.5, 0.6) is 0 Å². The van der Waals surface area contributed by atoms with Crippen LogP contribution in [-0.4, -0.2) is 29.1 Å². The zero-order valence-electron chi connectivity index (χ0n) is 16.1. The number of hydrogen-bond donors (Lipinski definition) is 1. The largest absolute Gasteiger partial charge is 0.445 e. The first-order valence-electron chi connectivity index (χ1n) is 9.62. The van der Waals surface area contributed by atoms with Gasteiger partial charge in [-0.3, -0.25) is 0 Å². The van der Waals surface area contributed by atoms with Crippen molar-refractivity contribution in [1.82, 2.24) is 9.88 Å². The predicted octanol–water partition coefficient (Wildman–Crippen LogP) is 5.65. The van der Waals surface area contributed by atoms with Crippen molar-refractivity contribution in [2.45, 2.75) is 31.9 Å². The zero-order chi connectivity index (χ0) is 20.4. The van der Waals surface area contributed by atoms with Gasteiger partial charge in [0.25, 0.3) is 0 Å². The standard InChI is InChI=1S/C23H22F2N2O2/c1-27(23(28)29-14-15-5-3-2-4-6-15)18-9-7-16(8-10-18)20-13-26-22-19(20)11-17(24)12-21(22)25/h2-7,11-13,18,26H,8-10,14H2,1H3. The summed E-state index contributed by atoms with van der Waals surface area (Å²) in [6, 6.07) is 11.8. The molecule has 0 saturated carbocycles. The highest BCUT2D eigenvalue weighted by Gasteiger charge is 2.25. The molecular weight excluding hydrogens is 374 g/mol. The van der Waals surface area contributed by atoms with Gasteiger partial charge >= 0.3 is 6.09 Å². The molecule has 1 aromatic heterocycles. The molecule has 29 heavy (non-hydrogen) atoms. The lowest BCUT2D eigenvalue weighted by Gasteiger charge is -2.30. The zero-order valence-corrected chi connectivity index (χ0v) is 16.1. The third kappa shape index (κ3) is 4.01. The van der Waals surface area contributed by atoms with Gasteiger partial charge in [0, 0.05) is 36.3 Å². The van der Waals surface area contributed by atoms with Gasteiger partial charge in [-0.05, 0) is 36.5 Å². The minimum absolute atomic E-state index is 0.0284. The average Bonchev–Trinajstić information content (AvgIpc) is 3.16. The van der Waals surface area contributed by atoms with E-state index in [0.29, 0.717) is 23.7 Å². The summed E-state index contributed by atoms with van der Waals surface area (Å²) in [6.45, 7) is 0.240. The minimum atomic E-state index is -0.596. The number of aromatic nitrogens is 1. The van der Waals surface area contributed by atoms with Crippen molar-refractivity contribution in [1.29, 1.82) is 0 Å². The molecule has 1 aliphatic carbocycles. The summed E-state index contributed by atoms with van der Waals surface area (Å²) in [6.07, 6.45) is 5.54. The van der Waals surface area contributed by atoms with Gasteiger partial charge in [-0.2, -0.15) is 0 Å². The molecule has 6 heteroatoms. The van der Waals surface area contributed by atoms with E-state index in [0.717, 1.165) is 29.2 Å². The van der Waals surface area contributed by atoms with Gasteiger partial charge in [0.2, 0.25) is 0 Å². The van der Waals surface area contributed by atoms with Crippen molar-refractivity contribution in [3.8, 4) is 0 Å². The summed E-state index contributed by atoms with van der Waals surface area (Å²) in [5.41, 5.74) is 3.10. The molecule has 1 N–H and O–H groups in total. The maximum Gasteiger partial charge on any atom is 0.410 e. The molecule has 1 heterocycles. The molecule has 1 unspecified atom stereocenters. The number of benzene rings is 2. The first kappa shape index (κ1) is 19.2. The van der Waals surface area contributed by atoms with E-state index in [1.807, 2.05) is 36.4 Å². The fourth-order valence-electron chi connectivity index (χ4n) is 3.81. The van der Waals surface area contributed by atoms with Crippen molar-refractivity contribution in [3.05, 3.63) is 77.5 Å². The summed E-state index contributed by atoms with van der Waals surface area (Å²) in [7, 11) is 1.74. The number of amides is 1. The van der Waals surface area contributed by atoms with Crippen molar-refractivity contribution >= 4 is 22.6 Å². The number of H-pyrrole nitrogens is 1. The van der Waals surface area contributed by atoms with Gasteiger partial charge in [0.15, 0.2) is 0 Å². The second-order valence-corrected chi connectivity index (χ2v) is 7.32. The third-order valence-corrected chi connectivity index (χ3v) is 5.48. The van der Waals surface area contributed by atoms with Crippen LogP contribution >= 0.6 is 0 Å². The molecule has 4 nitrogen and oxygen atoms in total. The predicted molar refractivity (Wildman–Crippen MR) is 108 cm³/mol. The molecule has 0 spiro atoms. The number of nitrogens with one attached hydrogen (secondary N) is 1. The summed E-state index contributed by atoms with van der Waals surface area (Å²) in [5, 5.41) is 0.544. The van der Waals surface area contributed by atoms with Crippen LogP contribution in [0.4, 0.5) is 13.6 Å². The van der Waals surface area contributed by atoms with E-state index >= 15 is 0 Å². The molecule has 3 aromatic rings. The Bertz CT molecular complexity index is 1060. The van der Waals surface area contributed by atoms with E-state index in [1.54, 1.807) is 18.1 Å². The molecule has 150 valence electrons. The van der Waals surface area contributed by atoms with E-state index in [9.17, 15) is 13.6 Å². The monoisotopic (exact) mass is 396 g/mol. The van der Waals surface area contributed by atoms with E-state index in [1.165, 1.54) is 6.07 Å². The minimum Gasteiger partial charge on any atom is -0.445 e. The van der Waals surface area contributed by atoms with Gasteiger partial charge in [0.1, 0.15) is 18.2 Å². The van der Waals surface area contributed by atoms with Crippen LogP contribution in [0.1, 0.15) is 30.4 Å². The molecule has 1 aliphatic rings. The average molecular weight is 396 g/mol. The topological polar surface area (TPSA) is 45.3 Å². The summed E-state index contributed by atoms with van der Waals surface area (Å²) >= 11 is 0. The second kappa shape index (κ2) is 8.07. The third-order valence-electron chi connectivity index (χ3n) is 5.48. The summed E-state index contributed by atoms with van der Waals surface area (Å²) in [5.74, 6) is -1.19. The van der Waals surface area contributed by atoms with Crippen LogP contribution in [0.25, 0.3) is 16.5 Å². The SMILES string of the molecule is CN(C(=O)OCc1ccccc1)C1CC=C(c2c[nH]c3c(F)cc(F)cc23)CC1. The van der Waals surface area contributed by atoms with Gasteiger partial charge in [-0.1, -0.05) is 36.4 Å². The molecule has 0 radical (unpaired) electrons. The Morgan fingerprint density at radius 2 is 2.03 bits per heavy atom. The van der Waals surface area contributed by atoms with Crippen LogP contribution in [0.3, 0.4) is 0 Å². The van der Waals surface area contributed by atoms with E-state index < -0.39 is 11.6 Å². The van der Waals surface area contributed by atoms with Crippen molar-refractivity contribution in [3.63, 3.8) is 0 Å². The molecule has 0 bridgehead atoms. The van der Waals surface area contributed by atoms with E-state index in [-0.39, 0.29) is 18.7 Å². The Morgan fingerprint density at radius 1 is 1.24 bits per heavy atom. The molecule has 4 rings (SSSR count). The normalized spacial score (nSPS) is 16.5. The molecule has 0 saturated heterocycles. The van der Waals surface area contributed by atoms with Crippen LogP contribution in [0.2, 0.25) is 0 Å². The maximum absolute atomic E-state index is 13.9. The van der Waals surface area contributed by atoms with E-state index in [4.69, 9.17) is 4.74 Å². The highest BCUT2D eigenvalue weighted by atomic mass is 19.1. The number of fused-ring (bicyclic) bond motifs is 1. The van der Waals surface area contributed by atoms with Gasteiger partial charge in [0.05, 0.1) is 5.52 Å². The molecule has 1 amide bonds.